The minimum Gasteiger partial charge on any atom is -0.356 e. The number of anilines is 1. The Morgan fingerprint density at radius 3 is 2.61 bits per heavy atom. The van der Waals surface area contributed by atoms with E-state index in [4.69, 9.17) is 5.73 Å². The predicted octanol–water partition coefficient (Wildman–Crippen LogP) is 2.47. The lowest BCUT2D eigenvalue weighted by atomic mass is 10.1. The highest BCUT2D eigenvalue weighted by atomic mass is 32.2. The van der Waals surface area contributed by atoms with E-state index in [1.807, 2.05) is 24.9 Å². The van der Waals surface area contributed by atoms with E-state index in [1.54, 1.807) is 0 Å². The van der Waals surface area contributed by atoms with Gasteiger partial charge in [0.2, 0.25) is 0 Å². The number of hydrogen-bond donors (Lipinski definition) is 1. The zero-order chi connectivity index (χ0) is 13.7. The van der Waals surface area contributed by atoms with Crippen LogP contribution in [0.3, 0.4) is 0 Å². The Kier molecular flexibility index (Phi) is 5.96. The van der Waals surface area contributed by atoms with Crippen molar-refractivity contribution in [1.82, 2.24) is 4.98 Å². The molecule has 0 radical (unpaired) electrons. The van der Waals surface area contributed by atoms with E-state index in [-0.39, 0.29) is 6.04 Å². The molecule has 2 unspecified atom stereocenters. The smallest absolute Gasteiger partial charge is 0.131 e. The summed E-state index contributed by atoms with van der Waals surface area (Å²) in [6, 6.07) is 2.88. The molecule has 0 aliphatic rings. The van der Waals surface area contributed by atoms with Gasteiger partial charge in [0.05, 0.1) is 0 Å². The molecule has 1 rings (SSSR count). The van der Waals surface area contributed by atoms with Crippen molar-refractivity contribution in [2.75, 3.05) is 24.0 Å². The SMILES string of the molecule is CSCC(C)N(C)c1ncc(CC(C)N)cc1C. The Morgan fingerprint density at radius 2 is 2.11 bits per heavy atom. The molecule has 4 heteroatoms. The Hall–Kier alpha value is -0.740. The number of hydrogen-bond acceptors (Lipinski definition) is 4. The van der Waals surface area contributed by atoms with Crippen LogP contribution in [-0.4, -0.2) is 36.1 Å². The van der Waals surface area contributed by atoms with E-state index in [9.17, 15) is 0 Å². The third kappa shape index (κ3) is 4.18. The van der Waals surface area contributed by atoms with Crippen LogP contribution in [0.4, 0.5) is 5.82 Å². The van der Waals surface area contributed by atoms with Gasteiger partial charge in [0.1, 0.15) is 5.82 Å². The first-order chi connectivity index (χ1) is 8.45. The minimum absolute atomic E-state index is 0.185. The summed E-state index contributed by atoms with van der Waals surface area (Å²) in [5.74, 6) is 2.18. The van der Waals surface area contributed by atoms with Crippen LogP contribution in [0.1, 0.15) is 25.0 Å². The summed E-state index contributed by atoms with van der Waals surface area (Å²) in [5.41, 5.74) is 8.26. The number of aryl methyl sites for hydroxylation is 1. The molecule has 18 heavy (non-hydrogen) atoms. The van der Waals surface area contributed by atoms with Gasteiger partial charge < -0.3 is 10.6 Å². The fourth-order valence-corrected chi connectivity index (χ4v) is 2.75. The first-order valence-corrected chi connectivity index (χ1v) is 7.78. The van der Waals surface area contributed by atoms with Crippen LogP contribution in [0, 0.1) is 6.92 Å². The second-order valence-corrected chi connectivity index (χ2v) is 5.99. The predicted molar refractivity (Wildman–Crippen MR) is 82.6 cm³/mol. The van der Waals surface area contributed by atoms with Gasteiger partial charge in [-0.15, -0.1) is 0 Å². The lowest BCUT2D eigenvalue weighted by Gasteiger charge is -2.27. The highest BCUT2D eigenvalue weighted by Gasteiger charge is 2.13. The van der Waals surface area contributed by atoms with Crippen LogP contribution in [0.15, 0.2) is 12.3 Å². The first kappa shape index (κ1) is 15.3. The Balaban J connectivity index is 2.84. The molecule has 102 valence electrons. The standard InChI is InChI=1S/C14H25N3S/c1-10-6-13(7-11(2)15)8-16-14(10)17(4)12(3)9-18-5/h6,8,11-12H,7,9,15H2,1-5H3. The molecule has 0 amide bonds. The van der Waals surface area contributed by atoms with Gasteiger partial charge in [-0.1, -0.05) is 6.07 Å². The number of aromatic nitrogens is 1. The van der Waals surface area contributed by atoms with Crippen molar-refractivity contribution in [1.29, 1.82) is 0 Å². The number of nitrogens with zero attached hydrogens (tertiary/aromatic N) is 2. The van der Waals surface area contributed by atoms with E-state index < -0.39 is 0 Å². The van der Waals surface area contributed by atoms with E-state index in [0.717, 1.165) is 18.0 Å². The fraction of sp³-hybridized carbons (Fsp3) is 0.643. The summed E-state index contributed by atoms with van der Waals surface area (Å²) in [6.45, 7) is 6.37. The first-order valence-electron chi connectivity index (χ1n) is 6.38. The molecule has 1 heterocycles. The van der Waals surface area contributed by atoms with Gasteiger partial charge in [0.25, 0.3) is 0 Å². The van der Waals surface area contributed by atoms with Crippen LogP contribution in [0.25, 0.3) is 0 Å². The van der Waals surface area contributed by atoms with Gasteiger partial charge in [0, 0.05) is 31.1 Å². The molecule has 0 saturated heterocycles. The average Bonchev–Trinajstić information content (AvgIpc) is 2.28. The van der Waals surface area contributed by atoms with Gasteiger partial charge in [-0.25, -0.2) is 4.98 Å². The van der Waals surface area contributed by atoms with Crippen molar-refractivity contribution in [2.45, 2.75) is 39.3 Å². The number of nitrogens with two attached hydrogens (primary N) is 1. The molecule has 2 atom stereocenters. The zero-order valence-corrected chi connectivity index (χ0v) is 12.9. The molecule has 1 aromatic rings. The molecule has 1 aromatic heterocycles. The summed E-state index contributed by atoms with van der Waals surface area (Å²) >= 11 is 1.86. The van der Waals surface area contributed by atoms with Crippen molar-refractivity contribution < 1.29 is 0 Å². The summed E-state index contributed by atoms with van der Waals surface area (Å²) in [6.07, 6.45) is 4.97. The maximum atomic E-state index is 5.82. The van der Waals surface area contributed by atoms with E-state index in [0.29, 0.717) is 6.04 Å². The second-order valence-electron chi connectivity index (χ2n) is 5.08. The summed E-state index contributed by atoms with van der Waals surface area (Å²) < 4.78 is 0. The molecule has 0 aliphatic heterocycles. The largest absolute Gasteiger partial charge is 0.356 e. The van der Waals surface area contributed by atoms with E-state index in [1.165, 1.54) is 11.1 Å². The van der Waals surface area contributed by atoms with Gasteiger partial charge in [-0.05, 0) is 44.6 Å². The maximum absolute atomic E-state index is 5.82. The van der Waals surface area contributed by atoms with Gasteiger partial charge >= 0.3 is 0 Å². The summed E-state index contributed by atoms with van der Waals surface area (Å²) in [4.78, 5) is 6.85. The molecule has 0 saturated carbocycles. The number of thioether (sulfide) groups is 1. The highest BCUT2D eigenvalue weighted by Crippen LogP contribution is 2.20. The molecule has 0 spiro atoms. The Labute approximate surface area is 115 Å². The summed E-state index contributed by atoms with van der Waals surface area (Å²) in [7, 11) is 2.11. The van der Waals surface area contributed by atoms with Gasteiger partial charge in [-0.2, -0.15) is 11.8 Å². The third-order valence-electron chi connectivity index (χ3n) is 3.07. The minimum atomic E-state index is 0.185. The van der Waals surface area contributed by atoms with Crippen molar-refractivity contribution in [2.24, 2.45) is 5.73 Å². The Morgan fingerprint density at radius 1 is 1.44 bits per heavy atom. The monoisotopic (exact) mass is 267 g/mol. The lowest BCUT2D eigenvalue weighted by Crippen LogP contribution is -2.32. The maximum Gasteiger partial charge on any atom is 0.131 e. The van der Waals surface area contributed by atoms with Gasteiger partial charge in [-0.3, -0.25) is 0 Å². The van der Waals surface area contributed by atoms with Crippen molar-refractivity contribution >= 4 is 17.6 Å². The summed E-state index contributed by atoms with van der Waals surface area (Å²) in [5, 5.41) is 0. The number of rotatable bonds is 6. The Bertz CT molecular complexity index is 379. The third-order valence-corrected chi connectivity index (χ3v) is 3.88. The molecule has 0 fully saturated rings. The second kappa shape index (κ2) is 7.00. The normalized spacial score (nSPS) is 14.3. The molecule has 2 N–H and O–H groups in total. The van der Waals surface area contributed by atoms with Crippen LogP contribution < -0.4 is 10.6 Å². The number of pyridine rings is 1. The highest BCUT2D eigenvalue weighted by molar-refractivity contribution is 7.98. The van der Waals surface area contributed by atoms with Crippen molar-refractivity contribution in [3.8, 4) is 0 Å². The topological polar surface area (TPSA) is 42.2 Å². The molecule has 3 nitrogen and oxygen atoms in total. The molecule has 0 aliphatic carbocycles. The quantitative estimate of drug-likeness (QED) is 0.860. The molecule has 0 bridgehead atoms. The van der Waals surface area contributed by atoms with Crippen LogP contribution >= 0.6 is 11.8 Å². The molecular formula is C14H25N3S. The van der Waals surface area contributed by atoms with Crippen molar-refractivity contribution in [3.63, 3.8) is 0 Å². The molecular weight excluding hydrogens is 242 g/mol. The van der Waals surface area contributed by atoms with E-state index in [2.05, 4.69) is 43.1 Å². The average molecular weight is 267 g/mol. The van der Waals surface area contributed by atoms with E-state index >= 15 is 0 Å². The van der Waals surface area contributed by atoms with Gasteiger partial charge in [0.15, 0.2) is 0 Å². The fourth-order valence-electron chi connectivity index (χ4n) is 2.04. The zero-order valence-electron chi connectivity index (χ0n) is 12.1. The van der Waals surface area contributed by atoms with Crippen LogP contribution in [-0.2, 0) is 6.42 Å². The lowest BCUT2D eigenvalue weighted by molar-refractivity contribution is 0.728. The van der Waals surface area contributed by atoms with Crippen LogP contribution in [0.2, 0.25) is 0 Å². The van der Waals surface area contributed by atoms with Crippen molar-refractivity contribution in [3.05, 3.63) is 23.4 Å². The van der Waals surface area contributed by atoms with Crippen LogP contribution in [0.5, 0.6) is 0 Å². The molecule has 0 aromatic carbocycles.